The Kier molecular flexibility index (Phi) is 1.79. The Labute approximate surface area is 80.1 Å². The van der Waals surface area contributed by atoms with Gasteiger partial charge in [0.15, 0.2) is 0 Å². The van der Waals surface area contributed by atoms with Crippen molar-refractivity contribution in [1.82, 2.24) is 0 Å². The first-order valence-corrected chi connectivity index (χ1v) is 4.05. The standard InChI is InChI=1S/C10H8O4/c11-9(12)10(13)6-5-7-3-1-2-4-8(7)14-10/h1-6,13H,(H,11,12)/t10-/m0/s1. The van der Waals surface area contributed by atoms with Crippen LogP contribution in [0.25, 0.3) is 6.08 Å². The molecule has 1 aliphatic rings. The number of carboxylic acids is 1. The van der Waals surface area contributed by atoms with E-state index in [-0.39, 0.29) is 0 Å². The van der Waals surface area contributed by atoms with E-state index in [2.05, 4.69) is 0 Å². The molecule has 1 aliphatic heterocycles. The lowest BCUT2D eigenvalue weighted by molar-refractivity contribution is -0.180. The van der Waals surface area contributed by atoms with Crippen LogP contribution in [0.3, 0.4) is 0 Å². The van der Waals surface area contributed by atoms with Gasteiger partial charge in [-0.15, -0.1) is 0 Å². The molecule has 0 unspecified atom stereocenters. The normalized spacial score (nSPS) is 23.8. The average molecular weight is 192 g/mol. The molecule has 4 nitrogen and oxygen atoms in total. The van der Waals surface area contributed by atoms with Crippen molar-refractivity contribution >= 4 is 12.0 Å². The molecule has 0 aliphatic carbocycles. The molecule has 0 saturated heterocycles. The van der Waals surface area contributed by atoms with Gasteiger partial charge in [0.2, 0.25) is 0 Å². The molecule has 4 heteroatoms. The third kappa shape index (κ3) is 1.25. The Morgan fingerprint density at radius 3 is 2.79 bits per heavy atom. The number of ether oxygens (including phenoxy) is 1. The fourth-order valence-corrected chi connectivity index (χ4v) is 1.23. The second-order valence-electron chi connectivity index (χ2n) is 2.97. The topological polar surface area (TPSA) is 66.8 Å². The second-order valence-corrected chi connectivity index (χ2v) is 2.97. The average Bonchev–Trinajstić information content (AvgIpc) is 2.17. The fraction of sp³-hybridized carbons (Fsp3) is 0.100. The molecule has 0 aromatic heterocycles. The molecule has 72 valence electrons. The minimum atomic E-state index is -2.24. The van der Waals surface area contributed by atoms with Crippen LogP contribution in [0.2, 0.25) is 0 Å². The molecule has 0 bridgehead atoms. The molecule has 0 spiro atoms. The minimum absolute atomic E-state index is 0.361. The van der Waals surface area contributed by atoms with Crippen molar-refractivity contribution < 1.29 is 19.7 Å². The van der Waals surface area contributed by atoms with Gasteiger partial charge in [-0.05, 0) is 18.2 Å². The zero-order valence-electron chi connectivity index (χ0n) is 7.18. The first kappa shape index (κ1) is 8.77. The lowest BCUT2D eigenvalue weighted by atomic mass is 10.1. The van der Waals surface area contributed by atoms with Crippen molar-refractivity contribution in [3.8, 4) is 5.75 Å². The van der Waals surface area contributed by atoms with Gasteiger partial charge in [0.1, 0.15) is 5.75 Å². The zero-order chi connectivity index (χ0) is 10.2. The lowest BCUT2D eigenvalue weighted by Gasteiger charge is -2.25. The molecular formula is C10H8O4. The van der Waals surface area contributed by atoms with Crippen LogP contribution in [0.4, 0.5) is 0 Å². The highest BCUT2D eigenvalue weighted by Gasteiger charge is 2.38. The summed E-state index contributed by atoms with van der Waals surface area (Å²) in [5, 5.41) is 18.2. The second kappa shape index (κ2) is 2.85. The summed E-state index contributed by atoms with van der Waals surface area (Å²) in [7, 11) is 0. The number of para-hydroxylation sites is 1. The van der Waals surface area contributed by atoms with E-state index in [1.807, 2.05) is 0 Å². The summed E-state index contributed by atoms with van der Waals surface area (Å²) < 4.78 is 4.95. The third-order valence-corrected chi connectivity index (χ3v) is 1.98. The predicted octanol–water partition coefficient (Wildman–Crippen LogP) is 0.865. The van der Waals surface area contributed by atoms with Crippen LogP contribution in [-0.4, -0.2) is 22.0 Å². The maximum absolute atomic E-state index is 10.7. The molecule has 2 N–H and O–H groups in total. The summed E-state index contributed by atoms with van der Waals surface area (Å²) in [6, 6.07) is 6.89. The first-order chi connectivity index (χ1) is 6.62. The number of benzene rings is 1. The van der Waals surface area contributed by atoms with Crippen LogP contribution >= 0.6 is 0 Å². The Morgan fingerprint density at radius 1 is 1.36 bits per heavy atom. The van der Waals surface area contributed by atoms with E-state index in [9.17, 15) is 9.90 Å². The van der Waals surface area contributed by atoms with Crippen LogP contribution in [-0.2, 0) is 4.79 Å². The molecule has 1 aromatic carbocycles. The van der Waals surface area contributed by atoms with E-state index in [0.29, 0.717) is 5.75 Å². The van der Waals surface area contributed by atoms with Crippen LogP contribution in [0.1, 0.15) is 5.56 Å². The van der Waals surface area contributed by atoms with E-state index in [1.165, 1.54) is 6.08 Å². The molecule has 14 heavy (non-hydrogen) atoms. The number of aliphatic carboxylic acids is 1. The fourth-order valence-electron chi connectivity index (χ4n) is 1.23. The number of rotatable bonds is 1. The molecule has 0 radical (unpaired) electrons. The van der Waals surface area contributed by atoms with Gasteiger partial charge >= 0.3 is 11.8 Å². The van der Waals surface area contributed by atoms with E-state index < -0.39 is 11.8 Å². The van der Waals surface area contributed by atoms with Gasteiger partial charge in [-0.2, -0.15) is 0 Å². The van der Waals surface area contributed by atoms with Crippen LogP contribution in [0.15, 0.2) is 30.3 Å². The number of aliphatic hydroxyl groups is 1. The predicted molar refractivity (Wildman–Crippen MR) is 48.7 cm³/mol. The summed E-state index contributed by atoms with van der Waals surface area (Å²) in [6.45, 7) is 0. The Morgan fingerprint density at radius 2 is 2.07 bits per heavy atom. The van der Waals surface area contributed by atoms with Crippen LogP contribution in [0.5, 0.6) is 5.75 Å². The summed E-state index contributed by atoms with van der Waals surface area (Å²) in [4.78, 5) is 10.7. The van der Waals surface area contributed by atoms with Gasteiger partial charge in [0.25, 0.3) is 0 Å². The van der Waals surface area contributed by atoms with E-state index in [0.717, 1.165) is 11.6 Å². The van der Waals surface area contributed by atoms with Crippen LogP contribution < -0.4 is 4.74 Å². The summed E-state index contributed by atoms with van der Waals surface area (Å²) >= 11 is 0. The quantitative estimate of drug-likeness (QED) is 0.692. The number of carboxylic acid groups (broad SMARTS) is 1. The zero-order valence-corrected chi connectivity index (χ0v) is 7.18. The summed E-state index contributed by atoms with van der Waals surface area (Å²) in [5.41, 5.74) is 0.749. The van der Waals surface area contributed by atoms with Crippen molar-refractivity contribution in [3.05, 3.63) is 35.9 Å². The smallest absolute Gasteiger partial charge is 0.381 e. The monoisotopic (exact) mass is 192 g/mol. The Balaban J connectivity index is 2.43. The van der Waals surface area contributed by atoms with Crippen LogP contribution in [0, 0.1) is 0 Å². The number of hydrogen-bond donors (Lipinski definition) is 2. The van der Waals surface area contributed by atoms with Crippen molar-refractivity contribution in [2.45, 2.75) is 5.79 Å². The molecule has 1 heterocycles. The molecule has 0 amide bonds. The van der Waals surface area contributed by atoms with Crippen molar-refractivity contribution in [3.63, 3.8) is 0 Å². The first-order valence-electron chi connectivity index (χ1n) is 4.05. The highest BCUT2D eigenvalue weighted by molar-refractivity contribution is 5.81. The van der Waals surface area contributed by atoms with Gasteiger partial charge < -0.3 is 14.9 Å². The largest absolute Gasteiger partial charge is 0.476 e. The van der Waals surface area contributed by atoms with Gasteiger partial charge in [-0.1, -0.05) is 18.2 Å². The van der Waals surface area contributed by atoms with Gasteiger partial charge in [-0.3, -0.25) is 0 Å². The number of carbonyl (C=O) groups is 1. The number of hydrogen-bond acceptors (Lipinski definition) is 3. The van der Waals surface area contributed by atoms with E-state index >= 15 is 0 Å². The molecule has 0 fully saturated rings. The number of fused-ring (bicyclic) bond motifs is 1. The van der Waals surface area contributed by atoms with Gasteiger partial charge in [0.05, 0.1) is 0 Å². The Bertz CT molecular complexity index is 410. The summed E-state index contributed by atoms with van der Waals surface area (Å²) in [5.74, 6) is -3.31. The van der Waals surface area contributed by atoms with Crippen molar-refractivity contribution in [2.24, 2.45) is 0 Å². The van der Waals surface area contributed by atoms with Gasteiger partial charge in [-0.25, -0.2) is 4.79 Å². The molecule has 1 aromatic rings. The van der Waals surface area contributed by atoms with Crippen molar-refractivity contribution in [2.75, 3.05) is 0 Å². The lowest BCUT2D eigenvalue weighted by Crippen LogP contribution is -2.43. The molecule has 0 saturated carbocycles. The third-order valence-electron chi connectivity index (χ3n) is 1.98. The minimum Gasteiger partial charge on any atom is -0.476 e. The van der Waals surface area contributed by atoms with Gasteiger partial charge in [0, 0.05) is 5.56 Å². The maximum atomic E-state index is 10.7. The van der Waals surface area contributed by atoms with Crippen molar-refractivity contribution in [1.29, 1.82) is 0 Å². The maximum Gasteiger partial charge on any atom is 0.381 e. The Hall–Kier alpha value is -1.81. The van der Waals surface area contributed by atoms with E-state index in [1.54, 1.807) is 24.3 Å². The summed E-state index contributed by atoms with van der Waals surface area (Å²) in [6.07, 6.45) is 2.63. The highest BCUT2D eigenvalue weighted by Crippen LogP contribution is 2.29. The molecular weight excluding hydrogens is 184 g/mol. The molecule has 1 atom stereocenters. The SMILES string of the molecule is O=C(O)[C@]1(O)C=Cc2ccccc2O1. The van der Waals surface area contributed by atoms with E-state index in [4.69, 9.17) is 9.84 Å². The molecule has 2 rings (SSSR count). The highest BCUT2D eigenvalue weighted by atomic mass is 16.6.